The Morgan fingerprint density at radius 2 is 0.949 bits per heavy atom. The predicted molar refractivity (Wildman–Crippen MR) is 161 cm³/mol. The molecule has 0 atom stereocenters. The molecule has 0 amide bonds. The Kier molecular flexibility index (Phi) is 4.89. The molecule has 0 radical (unpaired) electrons. The van der Waals surface area contributed by atoms with E-state index in [1.807, 2.05) is 18.5 Å². The van der Waals surface area contributed by atoms with Gasteiger partial charge in [0.15, 0.2) is 5.82 Å². The summed E-state index contributed by atoms with van der Waals surface area (Å²) < 4.78 is 0. The van der Waals surface area contributed by atoms with Gasteiger partial charge in [0.25, 0.3) is 6.71 Å². The molecule has 6 aromatic rings. The van der Waals surface area contributed by atoms with Gasteiger partial charge >= 0.3 is 0 Å². The Bertz CT molecular complexity index is 1810. The molecule has 8 rings (SSSR count). The first-order valence-corrected chi connectivity index (χ1v) is 13.2. The van der Waals surface area contributed by atoms with Crippen molar-refractivity contribution in [2.75, 3.05) is 9.80 Å². The predicted octanol–water partition coefficient (Wildman–Crippen LogP) is 6.23. The van der Waals surface area contributed by atoms with E-state index in [1.54, 1.807) is 0 Å². The minimum Gasteiger partial charge on any atom is -0.311 e. The Morgan fingerprint density at radius 3 is 1.62 bits per heavy atom. The zero-order chi connectivity index (χ0) is 25.8. The molecule has 0 saturated carbocycles. The average molecular weight is 498 g/mol. The first-order valence-electron chi connectivity index (χ1n) is 13.2. The van der Waals surface area contributed by atoms with Crippen molar-refractivity contribution >= 4 is 57.2 Å². The van der Waals surface area contributed by atoms with E-state index in [4.69, 9.17) is 9.97 Å². The lowest BCUT2D eigenvalue weighted by molar-refractivity contribution is 1.18. The number of hydrogen-bond acceptors (Lipinski definition) is 4. The lowest BCUT2D eigenvalue weighted by atomic mass is 9.32. The number of benzene rings is 5. The summed E-state index contributed by atoms with van der Waals surface area (Å²) in [7, 11) is 0. The number of aromatic nitrogens is 2. The summed E-state index contributed by atoms with van der Waals surface area (Å²) in [6, 6.07) is 45.2. The largest absolute Gasteiger partial charge is 0.311 e. The van der Waals surface area contributed by atoms with Crippen LogP contribution in [0, 0.1) is 0 Å². The van der Waals surface area contributed by atoms with Crippen LogP contribution in [0.1, 0.15) is 0 Å². The Balaban J connectivity index is 1.50. The molecule has 5 heteroatoms. The fraction of sp³-hybridized carbons (Fsp3) is 0. The van der Waals surface area contributed by atoms with Crippen molar-refractivity contribution in [3.05, 3.63) is 140 Å². The van der Waals surface area contributed by atoms with Gasteiger partial charge in [0.05, 0.1) is 0 Å². The third-order valence-corrected chi connectivity index (χ3v) is 7.77. The molecule has 3 heterocycles. The molecular formula is C34H23BN4. The van der Waals surface area contributed by atoms with E-state index < -0.39 is 0 Å². The highest BCUT2D eigenvalue weighted by molar-refractivity contribution is 7.01. The molecule has 0 fully saturated rings. The van der Waals surface area contributed by atoms with E-state index in [9.17, 15) is 0 Å². The van der Waals surface area contributed by atoms with Gasteiger partial charge in [-0.05, 0) is 71.0 Å². The monoisotopic (exact) mass is 498 g/mol. The summed E-state index contributed by atoms with van der Waals surface area (Å²) in [6.45, 7) is 0.0299. The highest BCUT2D eigenvalue weighted by Crippen LogP contribution is 2.44. The second-order valence-electron chi connectivity index (χ2n) is 9.85. The third kappa shape index (κ3) is 3.26. The molecule has 1 aromatic heterocycles. The summed E-state index contributed by atoms with van der Waals surface area (Å²) in [5.74, 6) is 0.742. The number of nitrogens with zero attached hydrogens (tertiary/aromatic N) is 4. The molecule has 0 bridgehead atoms. The maximum Gasteiger partial charge on any atom is 0.253 e. The molecule has 39 heavy (non-hydrogen) atoms. The Morgan fingerprint density at radius 1 is 0.436 bits per heavy atom. The second kappa shape index (κ2) is 8.71. The van der Waals surface area contributed by atoms with E-state index in [-0.39, 0.29) is 6.71 Å². The summed E-state index contributed by atoms with van der Waals surface area (Å²) in [6.07, 6.45) is 3.65. The SMILES string of the molecule is c1ccc(N2c3ccccc3B3c4c(-c5ncccn5)cccc4N(c4ccccc4)c4cccc2c43)cc1. The third-order valence-electron chi connectivity index (χ3n) is 7.77. The summed E-state index contributed by atoms with van der Waals surface area (Å²) in [4.78, 5) is 14.2. The minimum atomic E-state index is 0.0299. The number of fused-ring (bicyclic) bond motifs is 4. The van der Waals surface area contributed by atoms with E-state index in [0.717, 1.165) is 28.5 Å². The van der Waals surface area contributed by atoms with Crippen molar-refractivity contribution in [2.24, 2.45) is 0 Å². The highest BCUT2D eigenvalue weighted by Gasteiger charge is 2.44. The second-order valence-corrected chi connectivity index (χ2v) is 9.85. The van der Waals surface area contributed by atoms with Crippen molar-refractivity contribution in [3.8, 4) is 11.4 Å². The Hall–Kier alpha value is -5.16. The van der Waals surface area contributed by atoms with E-state index >= 15 is 0 Å². The van der Waals surface area contributed by atoms with Crippen LogP contribution in [-0.4, -0.2) is 16.7 Å². The molecule has 2 aliphatic heterocycles. The first-order chi connectivity index (χ1) is 19.4. The molecule has 182 valence electrons. The van der Waals surface area contributed by atoms with Crippen LogP contribution in [-0.2, 0) is 0 Å². The van der Waals surface area contributed by atoms with Crippen LogP contribution < -0.4 is 26.2 Å². The lowest BCUT2D eigenvalue weighted by Crippen LogP contribution is -2.61. The quantitative estimate of drug-likeness (QED) is 0.271. The number of anilines is 6. The maximum absolute atomic E-state index is 4.70. The summed E-state index contributed by atoms with van der Waals surface area (Å²) in [5, 5.41) is 0. The fourth-order valence-electron chi connectivity index (χ4n) is 6.27. The van der Waals surface area contributed by atoms with E-state index in [1.165, 1.54) is 33.5 Å². The Labute approximate surface area is 227 Å². The number of rotatable bonds is 3. The van der Waals surface area contributed by atoms with Gasteiger partial charge in [0.2, 0.25) is 0 Å². The van der Waals surface area contributed by atoms with Crippen LogP contribution >= 0.6 is 0 Å². The highest BCUT2D eigenvalue weighted by atomic mass is 15.2. The van der Waals surface area contributed by atoms with Gasteiger partial charge in [0, 0.05) is 52.1 Å². The number of hydrogen-bond donors (Lipinski definition) is 0. The zero-order valence-electron chi connectivity index (χ0n) is 21.1. The molecule has 0 N–H and O–H groups in total. The molecule has 2 aliphatic rings. The van der Waals surface area contributed by atoms with Crippen LogP contribution in [0.5, 0.6) is 0 Å². The zero-order valence-corrected chi connectivity index (χ0v) is 21.1. The molecule has 0 aliphatic carbocycles. The van der Waals surface area contributed by atoms with E-state index in [2.05, 4.69) is 131 Å². The molecule has 0 spiro atoms. The fourth-order valence-corrected chi connectivity index (χ4v) is 6.27. The summed E-state index contributed by atoms with van der Waals surface area (Å²) in [5.41, 5.74) is 11.9. The van der Waals surface area contributed by atoms with Crippen LogP contribution in [0.3, 0.4) is 0 Å². The van der Waals surface area contributed by atoms with Gasteiger partial charge < -0.3 is 9.80 Å². The van der Waals surface area contributed by atoms with Crippen LogP contribution in [0.25, 0.3) is 11.4 Å². The van der Waals surface area contributed by atoms with Crippen molar-refractivity contribution in [2.45, 2.75) is 0 Å². The maximum atomic E-state index is 4.70. The van der Waals surface area contributed by atoms with Crippen molar-refractivity contribution in [1.82, 2.24) is 9.97 Å². The molecule has 4 nitrogen and oxygen atoms in total. The topological polar surface area (TPSA) is 32.3 Å². The molecular weight excluding hydrogens is 475 g/mol. The molecule has 0 saturated heterocycles. The first kappa shape index (κ1) is 21.9. The van der Waals surface area contributed by atoms with Gasteiger partial charge in [0.1, 0.15) is 0 Å². The van der Waals surface area contributed by atoms with Gasteiger partial charge in [-0.3, -0.25) is 0 Å². The lowest BCUT2D eigenvalue weighted by Gasteiger charge is -2.44. The van der Waals surface area contributed by atoms with Crippen LogP contribution in [0.2, 0.25) is 0 Å². The van der Waals surface area contributed by atoms with Crippen LogP contribution in [0.4, 0.5) is 34.1 Å². The van der Waals surface area contributed by atoms with Gasteiger partial charge in [-0.1, -0.05) is 72.8 Å². The van der Waals surface area contributed by atoms with Gasteiger partial charge in [-0.2, -0.15) is 0 Å². The normalized spacial score (nSPS) is 13.0. The standard InChI is InChI=1S/C34H23BN4/c1-3-12-24(13-4-1)38-28-18-8-7-17-27(28)35-32-26(34-36-22-11-23-37-34)16-9-19-29(32)39(25-14-5-2-6-15-25)31-21-10-20-30(38)33(31)35/h1-23H. The van der Waals surface area contributed by atoms with Crippen LogP contribution in [0.15, 0.2) is 140 Å². The van der Waals surface area contributed by atoms with Gasteiger partial charge in [-0.15, -0.1) is 0 Å². The van der Waals surface area contributed by atoms with Gasteiger partial charge in [-0.25, -0.2) is 9.97 Å². The molecule has 5 aromatic carbocycles. The minimum absolute atomic E-state index is 0.0299. The summed E-state index contributed by atoms with van der Waals surface area (Å²) >= 11 is 0. The van der Waals surface area contributed by atoms with Crippen molar-refractivity contribution < 1.29 is 0 Å². The molecule has 0 unspecified atom stereocenters. The number of para-hydroxylation sites is 3. The van der Waals surface area contributed by atoms with E-state index in [0.29, 0.717) is 0 Å². The van der Waals surface area contributed by atoms with Crippen molar-refractivity contribution in [1.29, 1.82) is 0 Å². The van der Waals surface area contributed by atoms with Crippen molar-refractivity contribution in [3.63, 3.8) is 0 Å². The average Bonchev–Trinajstić information content (AvgIpc) is 3.02. The smallest absolute Gasteiger partial charge is 0.253 e.